The Kier molecular flexibility index (Phi) is 6.10. The van der Waals surface area contributed by atoms with E-state index in [0.29, 0.717) is 32.6 Å². The Balaban J connectivity index is 1.28. The van der Waals surface area contributed by atoms with Crippen molar-refractivity contribution >= 4 is 18.2 Å². The molecule has 0 spiro atoms. The largest absolute Gasteiger partial charge is 0.340 e. The van der Waals surface area contributed by atoms with Crippen LogP contribution in [-0.2, 0) is 0 Å². The summed E-state index contributed by atoms with van der Waals surface area (Å²) in [6.45, 7) is 3.09. The van der Waals surface area contributed by atoms with Crippen LogP contribution in [0, 0.1) is 11.2 Å². The van der Waals surface area contributed by atoms with Crippen LogP contribution in [0.1, 0.15) is 19.8 Å². The Morgan fingerprint density at radius 1 is 1.19 bits per heavy atom. The minimum Gasteiger partial charge on any atom is -0.337 e. The molecule has 2 atom stereocenters. The number of allylic oxidation sites excluding steroid dienone is 3. The number of aromatic amines is 1. The van der Waals surface area contributed by atoms with Gasteiger partial charge in [-0.3, -0.25) is 4.79 Å². The second kappa shape index (κ2) is 9.25. The molecule has 0 bridgehead atoms. The van der Waals surface area contributed by atoms with E-state index < -0.39 is 34.5 Å². The van der Waals surface area contributed by atoms with E-state index in [1.165, 1.54) is 23.3 Å². The standard InChI is InChI=1S/C24H24F3N7O2/c1-24(12-15(25)11-16(26)13-24)19-4-6-30-34(19)23(36)33-9-7-32(8-10-33)22-29-14-18(27)20(31-22)17-3-2-5-28-21(17)35/h2-3,5-6,11-12,14,19H,4,7-10,13H2,1H3,(H,28,35)/t19-,24?/m0/s1. The zero-order valence-electron chi connectivity index (χ0n) is 19.5. The van der Waals surface area contributed by atoms with Gasteiger partial charge >= 0.3 is 6.03 Å². The van der Waals surface area contributed by atoms with Gasteiger partial charge in [-0.25, -0.2) is 32.9 Å². The molecule has 2 aromatic heterocycles. The molecule has 3 aliphatic rings. The van der Waals surface area contributed by atoms with Gasteiger partial charge in [-0.2, -0.15) is 5.10 Å². The first-order valence-electron chi connectivity index (χ1n) is 11.6. The van der Waals surface area contributed by atoms with Crippen molar-refractivity contribution in [3.05, 3.63) is 64.5 Å². The highest BCUT2D eigenvalue weighted by Crippen LogP contribution is 2.42. The van der Waals surface area contributed by atoms with Crippen LogP contribution < -0.4 is 10.5 Å². The van der Waals surface area contributed by atoms with E-state index in [4.69, 9.17) is 0 Å². The molecule has 9 nitrogen and oxygen atoms in total. The summed E-state index contributed by atoms with van der Waals surface area (Å²) in [6, 6.07) is 2.20. The monoisotopic (exact) mass is 499 g/mol. The second-order valence-corrected chi connectivity index (χ2v) is 9.23. The van der Waals surface area contributed by atoms with E-state index in [-0.39, 0.29) is 29.7 Å². The lowest BCUT2D eigenvalue weighted by molar-refractivity contribution is 0.103. The van der Waals surface area contributed by atoms with Crippen molar-refractivity contribution in [3.63, 3.8) is 0 Å². The molecule has 0 radical (unpaired) electrons. The number of amides is 2. The summed E-state index contributed by atoms with van der Waals surface area (Å²) in [4.78, 5) is 39.6. The first-order chi connectivity index (χ1) is 17.2. The predicted molar refractivity (Wildman–Crippen MR) is 127 cm³/mol. The lowest BCUT2D eigenvalue weighted by atomic mass is 9.75. The smallest absolute Gasteiger partial charge is 0.337 e. The van der Waals surface area contributed by atoms with Gasteiger partial charge in [-0.1, -0.05) is 6.92 Å². The third-order valence-electron chi connectivity index (χ3n) is 6.74. The minimum absolute atomic E-state index is 0.0134. The Morgan fingerprint density at radius 3 is 2.69 bits per heavy atom. The summed E-state index contributed by atoms with van der Waals surface area (Å²) >= 11 is 0. The molecule has 1 aliphatic carbocycles. The summed E-state index contributed by atoms with van der Waals surface area (Å²) in [6.07, 6.45) is 6.66. The summed E-state index contributed by atoms with van der Waals surface area (Å²) in [5.41, 5.74) is -1.39. The van der Waals surface area contributed by atoms with Crippen molar-refractivity contribution < 1.29 is 18.0 Å². The van der Waals surface area contributed by atoms with E-state index in [0.717, 1.165) is 12.3 Å². The summed E-state index contributed by atoms with van der Waals surface area (Å²) in [5, 5.41) is 5.53. The van der Waals surface area contributed by atoms with Gasteiger partial charge in [0.05, 0.1) is 17.8 Å². The van der Waals surface area contributed by atoms with Gasteiger partial charge in [0.2, 0.25) is 5.95 Å². The van der Waals surface area contributed by atoms with E-state index in [1.807, 2.05) is 0 Å². The number of urea groups is 1. The quantitative estimate of drug-likeness (QED) is 0.698. The van der Waals surface area contributed by atoms with Crippen LogP contribution in [0.15, 0.2) is 58.2 Å². The fourth-order valence-corrected chi connectivity index (χ4v) is 4.88. The van der Waals surface area contributed by atoms with Crippen LogP contribution in [0.3, 0.4) is 0 Å². The van der Waals surface area contributed by atoms with E-state index >= 15 is 0 Å². The minimum atomic E-state index is -0.926. The summed E-state index contributed by atoms with van der Waals surface area (Å²) in [5.74, 6) is -1.70. The van der Waals surface area contributed by atoms with Crippen LogP contribution in [-0.4, -0.2) is 69.3 Å². The van der Waals surface area contributed by atoms with Crippen molar-refractivity contribution in [1.82, 2.24) is 24.9 Å². The number of halogens is 3. The summed E-state index contributed by atoms with van der Waals surface area (Å²) < 4.78 is 42.4. The number of nitrogens with zero attached hydrogens (tertiary/aromatic N) is 6. The van der Waals surface area contributed by atoms with E-state index in [1.54, 1.807) is 29.0 Å². The maximum Gasteiger partial charge on any atom is 0.340 e. The molecule has 1 N–H and O–H groups in total. The molecular formula is C24H24F3N7O2. The van der Waals surface area contributed by atoms with Crippen molar-refractivity contribution in [2.24, 2.45) is 10.5 Å². The Labute approximate surface area is 204 Å². The predicted octanol–water partition coefficient (Wildman–Crippen LogP) is 3.39. The molecule has 2 amide bonds. The van der Waals surface area contributed by atoms with Crippen molar-refractivity contribution in [3.8, 4) is 11.3 Å². The number of anilines is 1. The zero-order valence-corrected chi connectivity index (χ0v) is 19.5. The average Bonchev–Trinajstić information content (AvgIpc) is 3.35. The number of piperazine rings is 1. The lowest BCUT2D eigenvalue weighted by Crippen LogP contribution is -2.55. The average molecular weight is 499 g/mol. The molecule has 4 heterocycles. The maximum atomic E-state index is 14.4. The molecule has 0 saturated carbocycles. The Morgan fingerprint density at radius 2 is 1.97 bits per heavy atom. The van der Waals surface area contributed by atoms with Gasteiger partial charge in [0.1, 0.15) is 17.3 Å². The van der Waals surface area contributed by atoms with Crippen LogP contribution >= 0.6 is 0 Å². The number of carbonyl (C=O) groups excluding carboxylic acids is 1. The molecule has 36 heavy (non-hydrogen) atoms. The van der Waals surface area contributed by atoms with Gasteiger partial charge in [0.15, 0.2) is 5.82 Å². The van der Waals surface area contributed by atoms with Gasteiger partial charge in [-0.05, 0) is 18.2 Å². The molecule has 1 fully saturated rings. The number of H-pyrrole nitrogens is 1. The van der Waals surface area contributed by atoms with E-state index in [2.05, 4.69) is 20.1 Å². The molecule has 0 aromatic carbocycles. The Hall–Kier alpha value is -3.96. The number of hydrogen-bond donors (Lipinski definition) is 1. The van der Waals surface area contributed by atoms with E-state index in [9.17, 15) is 22.8 Å². The van der Waals surface area contributed by atoms with Crippen molar-refractivity contribution in [2.45, 2.75) is 25.8 Å². The Bertz CT molecular complexity index is 1330. The SMILES string of the molecule is CC1([C@@H]2CC=NN2C(=O)N2CCN(c3ncc(F)c(-c4ccc[nH]c4=O)n3)CC2)C=C(F)C=C(F)C1. The number of rotatable bonds is 3. The number of carbonyl (C=O) groups is 1. The number of hydrazone groups is 1. The molecular weight excluding hydrogens is 475 g/mol. The maximum absolute atomic E-state index is 14.4. The lowest BCUT2D eigenvalue weighted by Gasteiger charge is -2.41. The van der Waals surface area contributed by atoms with Gasteiger partial charge < -0.3 is 14.8 Å². The van der Waals surface area contributed by atoms with Crippen LogP contribution in [0.25, 0.3) is 11.3 Å². The summed E-state index contributed by atoms with van der Waals surface area (Å²) in [7, 11) is 0. The van der Waals surface area contributed by atoms with Gasteiger partial charge in [-0.15, -0.1) is 0 Å². The number of pyridine rings is 1. The molecule has 2 aromatic rings. The highest BCUT2D eigenvalue weighted by Gasteiger charge is 2.44. The third kappa shape index (κ3) is 4.38. The van der Waals surface area contributed by atoms with Crippen molar-refractivity contribution in [1.29, 1.82) is 0 Å². The molecule has 12 heteroatoms. The van der Waals surface area contributed by atoms with Gasteiger partial charge in [0, 0.05) is 62.9 Å². The van der Waals surface area contributed by atoms with Crippen LogP contribution in [0.5, 0.6) is 0 Å². The molecule has 188 valence electrons. The number of nitrogens with one attached hydrogen (secondary N) is 1. The first kappa shape index (κ1) is 23.8. The van der Waals surface area contributed by atoms with Crippen LogP contribution in [0.4, 0.5) is 23.9 Å². The third-order valence-corrected chi connectivity index (χ3v) is 6.74. The van der Waals surface area contributed by atoms with Gasteiger partial charge in [0.25, 0.3) is 5.56 Å². The molecule has 5 rings (SSSR count). The van der Waals surface area contributed by atoms with Crippen LogP contribution in [0.2, 0.25) is 0 Å². The van der Waals surface area contributed by atoms with Crippen molar-refractivity contribution in [2.75, 3.05) is 31.1 Å². The molecule has 2 aliphatic heterocycles. The first-order valence-corrected chi connectivity index (χ1v) is 11.6. The zero-order chi connectivity index (χ0) is 25.4. The highest BCUT2D eigenvalue weighted by atomic mass is 19.1. The topological polar surface area (TPSA) is 97.8 Å². The molecule has 1 saturated heterocycles. The number of aromatic nitrogens is 3. The second-order valence-electron chi connectivity index (χ2n) is 9.23. The fourth-order valence-electron chi connectivity index (χ4n) is 4.88. The fraction of sp³-hybridized carbons (Fsp3) is 0.375. The number of hydrogen-bond acceptors (Lipinski definition) is 6. The highest BCUT2D eigenvalue weighted by molar-refractivity contribution is 5.78. The normalized spacial score (nSPS) is 24.1. The molecule has 1 unspecified atom stereocenters.